The summed E-state index contributed by atoms with van der Waals surface area (Å²) in [5.41, 5.74) is 0. The zero-order chi connectivity index (χ0) is 3.58. The van der Waals surface area contributed by atoms with Crippen molar-refractivity contribution < 1.29 is 27.5 Å². The molecule has 0 unspecified atom stereocenters. The Morgan fingerprint density at radius 3 is 1.40 bits per heavy atom. The van der Waals surface area contributed by atoms with Crippen molar-refractivity contribution in [1.29, 1.82) is 0 Å². The van der Waals surface area contributed by atoms with Crippen LogP contribution in [0.25, 0.3) is 0 Å². The van der Waals surface area contributed by atoms with Crippen LogP contribution in [0.3, 0.4) is 0 Å². The summed E-state index contributed by atoms with van der Waals surface area (Å²) in [6, 6.07) is 0. The van der Waals surface area contributed by atoms with Gasteiger partial charge in [0.05, 0.1) is 5.09 Å². The second-order valence-electron chi connectivity index (χ2n) is 0.224. The average Bonchev–Trinajstić information content (AvgIpc) is 0.811. The summed E-state index contributed by atoms with van der Waals surface area (Å²) in [5.74, 6) is 0. The van der Waals surface area contributed by atoms with Gasteiger partial charge in [-0.15, -0.1) is 0 Å². The van der Waals surface area contributed by atoms with Crippen LogP contribution in [-0.2, 0) is 22.4 Å². The van der Waals surface area contributed by atoms with Crippen LogP contribution in [0.4, 0.5) is 0 Å². The second kappa shape index (κ2) is 3.94. The van der Waals surface area contributed by atoms with Crippen LogP contribution < -0.4 is 0 Å². The Bertz CT molecular complexity index is 29.9. The Morgan fingerprint density at radius 1 is 1.40 bits per heavy atom. The third kappa shape index (κ3) is 4160. The van der Waals surface area contributed by atoms with Crippen molar-refractivity contribution in [2.24, 2.45) is 0 Å². The Labute approximate surface area is 43.4 Å². The summed E-state index contributed by atoms with van der Waals surface area (Å²) >= 11 is 0. The van der Waals surface area contributed by atoms with E-state index in [0.717, 1.165) is 0 Å². The molecule has 0 rings (SSSR count). The van der Waals surface area contributed by atoms with Gasteiger partial charge in [0.25, 0.3) is 0 Å². The van der Waals surface area contributed by atoms with Gasteiger partial charge < -0.3 is 15.3 Å². The number of rotatable bonds is 0. The van der Waals surface area contributed by atoms with Gasteiger partial charge in [-0.1, -0.05) is 0 Å². The molecule has 0 aliphatic rings. The molecule has 0 N–H and O–H groups in total. The molecule has 0 aromatic carbocycles. The summed E-state index contributed by atoms with van der Waals surface area (Å²) in [4.78, 5) is 8.25. The Morgan fingerprint density at radius 2 is 1.40 bits per heavy atom. The monoisotopic (exact) mass is 169 g/mol. The van der Waals surface area contributed by atoms with E-state index in [9.17, 15) is 0 Å². The predicted molar refractivity (Wildman–Crippen MR) is 10.4 cm³/mol. The van der Waals surface area contributed by atoms with Gasteiger partial charge in [0.15, 0.2) is 0 Å². The molecule has 0 fully saturated rings. The smallest absolute Gasteiger partial charge is 0.0689 e. The fourth-order valence-electron chi connectivity index (χ4n) is 0. The first-order valence-corrected chi connectivity index (χ1v) is 0.548. The van der Waals surface area contributed by atoms with E-state index in [1.165, 1.54) is 0 Å². The molecule has 5 heavy (non-hydrogen) atoms. The van der Waals surface area contributed by atoms with Crippen molar-refractivity contribution in [2.75, 3.05) is 0 Å². The maximum Gasteiger partial charge on any atom is 0.0689 e. The standard InChI is InChI=1S/Ag.NO3/c;2-1(3)4/q;-1. The predicted octanol–water partition coefficient (Wildman–Crippen LogP) is -0.242. The third-order valence-corrected chi connectivity index (χ3v) is 0. The van der Waals surface area contributed by atoms with Crippen LogP contribution >= 0.6 is 0 Å². The van der Waals surface area contributed by atoms with Crippen LogP contribution in [0.2, 0.25) is 0 Å². The van der Waals surface area contributed by atoms with Crippen LogP contribution in [0.1, 0.15) is 0 Å². The van der Waals surface area contributed by atoms with Gasteiger partial charge in [-0.25, -0.2) is 0 Å². The zero-order valence-electron chi connectivity index (χ0n) is 1.97. The molecule has 0 saturated heterocycles. The molecule has 0 aliphatic heterocycles. The summed E-state index contributed by atoms with van der Waals surface area (Å²) in [7, 11) is 0. The van der Waals surface area contributed by atoms with Crippen molar-refractivity contribution in [3.05, 3.63) is 15.3 Å². The van der Waals surface area contributed by atoms with Gasteiger partial charge in [0, 0.05) is 22.4 Å². The minimum atomic E-state index is -1.75. The number of hydrogen-bond donors (Lipinski definition) is 0. The van der Waals surface area contributed by atoms with Crippen LogP contribution in [0, 0.1) is 15.3 Å². The fourth-order valence-corrected chi connectivity index (χ4v) is 0. The van der Waals surface area contributed by atoms with Crippen LogP contribution in [-0.4, -0.2) is 5.09 Å². The third-order valence-electron chi connectivity index (χ3n) is 0. The summed E-state index contributed by atoms with van der Waals surface area (Å²) in [6.45, 7) is 0. The van der Waals surface area contributed by atoms with Crippen LogP contribution in [0.15, 0.2) is 0 Å². The first kappa shape index (κ1) is 8.87. The Kier molecular flexibility index (Phi) is 6.99. The van der Waals surface area contributed by atoms with E-state index < -0.39 is 5.09 Å². The van der Waals surface area contributed by atoms with Gasteiger partial charge in [-0.3, -0.25) is 0 Å². The molecule has 0 aromatic rings. The topological polar surface area (TPSA) is 66.2 Å². The number of hydrogen-bond acceptors (Lipinski definition) is 3. The van der Waals surface area contributed by atoms with Crippen molar-refractivity contribution in [2.45, 2.75) is 0 Å². The van der Waals surface area contributed by atoms with Gasteiger partial charge in [-0.2, -0.15) is 0 Å². The molecular weight excluding hydrogens is 170 g/mol. The maximum absolute atomic E-state index is 8.25. The largest absolute Gasteiger partial charge is 0.356 e. The van der Waals surface area contributed by atoms with Gasteiger partial charge in [0.2, 0.25) is 0 Å². The van der Waals surface area contributed by atoms with E-state index in [1.54, 1.807) is 0 Å². The SMILES string of the molecule is O=[N+]([O-])[O-].[Ag]. The number of nitrogens with zero attached hydrogens (tertiary/aromatic N) is 1. The van der Waals surface area contributed by atoms with Crippen molar-refractivity contribution >= 4 is 0 Å². The second-order valence-corrected chi connectivity index (χ2v) is 0.224. The van der Waals surface area contributed by atoms with E-state index in [-0.39, 0.29) is 22.4 Å². The molecule has 1 radical (unpaired) electrons. The van der Waals surface area contributed by atoms with Crippen molar-refractivity contribution in [1.82, 2.24) is 0 Å². The molecule has 0 amide bonds. The average molecular weight is 170 g/mol. The molecule has 0 saturated carbocycles. The van der Waals surface area contributed by atoms with E-state index in [0.29, 0.717) is 0 Å². The molecule has 0 aromatic heterocycles. The molecule has 0 heterocycles. The van der Waals surface area contributed by atoms with Crippen LogP contribution in [0.5, 0.6) is 0 Å². The van der Waals surface area contributed by atoms with E-state index in [1.807, 2.05) is 0 Å². The molecular formula is AgNO3-. The molecule has 35 valence electrons. The summed E-state index contributed by atoms with van der Waals surface area (Å²) in [5, 5.41) is 14.8. The molecule has 0 aliphatic carbocycles. The minimum absolute atomic E-state index is 0. The Hall–Kier alpha value is -0.0597. The van der Waals surface area contributed by atoms with E-state index in [2.05, 4.69) is 0 Å². The summed E-state index contributed by atoms with van der Waals surface area (Å²) < 4.78 is 0. The maximum atomic E-state index is 8.25. The van der Waals surface area contributed by atoms with E-state index >= 15 is 0 Å². The fraction of sp³-hybridized carbons (Fsp3) is 0. The van der Waals surface area contributed by atoms with Gasteiger partial charge in [-0.05, 0) is 0 Å². The van der Waals surface area contributed by atoms with Gasteiger partial charge in [0.1, 0.15) is 0 Å². The first-order chi connectivity index (χ1) is 1.73. The molecule has 0 spiro atoms. The minimum Gasteiger partial charge on any atom is -0.356 e. The summed E-state index contributed by atoms with van der Waals surface area (Å²) in [6.07, 6.45) is 0. The van der Waals surface area contributed by atoms with E-state index in [4.69, 9.17) is 15.3 Å². The molecule has 4 nitrogen and oxygen atoms in total. The molecule has 0 atom stereocenters. The molecule has 0 bridgehead atoms. The van der Waals surface area contributed by atoms with Crippen molar-refractivity contribution in [3.8, 4) is 0 Å². The normalized spacial score (nSPS) is 4.80. The first-order valence-electron chi connectivity index (χ1n) is 0.548. The quantitative estimate of drug-likeness (QED) is 0.286. The Balaban J connectivity index is 0. The molecule has 5 heteroatoms. The zero-order valence-corrected chi connectivity index (χ0v) is 3.46. The van der Waals surface area contributed by atoms with Gasteiger partial charge >= 0.3 is 0 Å². The van der Waals surface area contributed by atoms with Crippen molar-refractivity contribution in [3.63, 3.8) is 0 Å².